The summed E-state index contributed by atoms with van der Waals surface area (Å²) in [6.45, 7) is 0. The van der Waals surface area contributed by atoms with Gasteiger partial charge in [0.15, 0.2) is 11.4 Å². The highest BCUT2D eigenvalue weighted by atomic mass is 16.3. The van der Waals surface area contributed by atoms with Gasteiger partial charge >= 0.3 is 0 Å². The van der Waals surface area contributed by atoms with Gasteiger partial charge < -0.3 is 8.98 Å². The maximum atomic E-state index is 6.47. The minimum absolute atomic E-state index is 0.678. The first-order chi connectivity index (χ1) is 24.8. The van der Waals surface area contributed by atoms with Crippen LogP contribution in [0.5, 0.6) is 0 Å². The number of benzene rings is 7. The minimum Gasteiger partial charge on any atom is -0.452 e. The zero-order chi connectivity index (χ0) is 33.0. The highest BCUT2D eigenvalue weighted by molar-refractivity contribution is 6.10. The summed E-state index contributed by atoms with van der Waals surface area (Å²) in [5.41, 5.74) is 13.2. The Morgan fingerprint density at radius 2 is 0.980 bits per heavy atom. The van der Waals surface area contributed by atoms with Gasteiger partial charge in [-0.15, -0.1) is 0 Å². The smallest absolute Gasteiger partial charge is 0.180 e. The van der Waals surface area contributed by atoms with Gasteiger partial charge in [0.05, 0.1) is 11.0 Å². The predicted octanol–water partition coefficient (Wildman–Crippen LogP) is 12.1. The second kappa shape index (κ2) is 11.4. The van der Waals surface area contributed by atoms with Gasteiger partial charge in [-0.25, -0.2) is 9.97 Å². The Kier molecular flexibility index (Phi) is 6.46. The van der Waals surface area contributed by atoms with Gasteiger partial charge in [-0.05, 0) is 58.7 Å². The molecule has 234 valence electrons. The van der Waals surface area contributed by atoms with Crippen molar-refractivity contribution >= 4 is 43.9 Å². The second-order valence-electron chi connectivity index (χ2n) is 12.6. The van der Waals surface area contributed by atoms with Gasteiger partial charge in [0.1, 0.15) is 16.8 Å². The quantitative estimate of drug-likeness (QED) is 0.188. The number of para-hydroxylation sites is 2. The SMILES string of the molecule is c1ccc(-c2nc(-c3ccccc3)c3oc4ccc(-c5ccc(-c6ccc7c8ccccc8n(-c8ccccc8)c7c6)cc5)cc4c3n2)cc1. The predicted molar refractivity (Wildman–Crippen MR) is 205 cm³/mol. The van der Waals surface area contributed by atoms with Crippen LogP contribution in [0.1, 0.15) is 0 Å². The van der Waals surface area contributed by atoms with Crippen LogP contribution in [-0.4, -0.2) is 14.5 Å². The molecule has 3 heterocycles. The topological polar surface area (TPSA) is 43.9 Å². The fourth-order valence-electron chi connectivity index (χ4n) is 7.19. The number of aromatic nitrogens is 3. The molecule has 0 atom stereocenters. The van der Waals surface area contributed by atoms with E-state index in [4.69, 9.17) is 14.4 Å². The molecule has 0 aliphatic heterocycles. The molecule has 4 heteroatoms. The summed E-state index contributed by atoms with van der Waals surface area (Å²) in [5, 5.41) is 3.48. The van der Waals surface area contributed by atoms with Crippen LogP contribution in [0.3, 0.4) is 0 Å². The second-order valence-corrected chi connectivity index (χ2v) is 12.6. The van der Waals surface area contributed by atoms with Crippen LogP contribution >= 0.6 is 0 Å². The molecule has 0 unspecified atom stereocenters. The summed E-state index contributed by atoms with van der Waals surface area (Å²) in [4.78, 5) is 10.1. The lowest BCUT2D eigenvalue weighted by molar-refractivity contribution is 0.667. The molecule has 7 aromatic carbocycles. The standard InChI is InChI=1S/C46H29N3O/c1-4-12-32(13-5-1)43-45-44(48-46(47-43)33-14-6-2-7-15-33)39-28-34(25-27-42(39)50-45)30-20-22-31(23-21-30)35-24-26-38-37-18-10-11-19-40(37)49(41(38)29-35)36-16-8-3-9-17-36/h1-29H. The Hall–Kier alpha value is -6.78. The summed E-state index contributed by atoms with van der Waals surface area (Å²) in [7, 11) is 0. The van der Waals surface area contributed by atoms with E-state index >= 15 is 0 Å². The molecular weight excluding hydrogens is 611 g/mol. The minimum atomic E-state index is 0.678. The maximum Gasteiger partial charge on any atom is 0.180 e. The largest absolute Gasteiger partial charge is 0.452 e. The first-order valence-corrected chi connectivity index (χ1v) is 16.8. The van der Waals surface area contributed by atoms with Crippen molar-refractivity contribution in [1.82, 2.24) is 14.5 Å². The van der Waals surface area contributed by atoms with E-state index in [2.05, 4.69) is 126 Å². The molecule has 0 N–H and O–H groups in total. The van der Waals surface area contributed by atoms with Crippen molar-refractivity contribution in [3.8, 4) is 50.6 Å². The van der Waals surface area contributed by atoms with Crippen LogP contribution < -0.4 is 0 Å². The fourth-order valence-corrected chi connectivity index (χ4v) is 7.19. The molecule has 0 saturated heterocycles. The number of fused-ring (bicyclic) bond motifs is 6. The Labute approximate surface area is 288 Å². The van der Waals surface area contributed by atoms with E-state index in [-0.39, 0.29) is 0 Å². The van der Waals surface area contributed by atoms with Gasteiger partial charge in [0.2, 0.25) is 0 Å². The molecule has 0 aliphatic rings. The summed E-state index contributed by atoms with van der Waals surface area (Å²) in [5.74, 6) is 0.678. The summed E-state index contributed by atoms with van der Waals surface area (Å²) in [6.07, 6.45) is 0. The first-order valence-electron chi connectivity index (χ1n) is 16.8. The highest BCUT2D eigenvalue weighted by Gasteiger charge is 2.19. The zero-order valence-corrected chi connectivity index (χ0v) is 27.0. The van der Waals surface area contributed by atoms with Crippen molar-refractivity contribution in [3.63, 3.8) is 0 Å². The van der Waals surface area contributed by atoms with Crippen molar-refractivity contribution in [1.29, 1.82) is 0 Å². The Morgan fingerprint density at radius 1 is 0.400 bits per heavy atom. The lowest BCUT2D eigenvalue weighted by Gasteiger charge is -2.09. The third-order valence-electron chi connectivity index (χ3n) is 9.63. The number of rotatable bonds is 5. The highest BCUT2D eigenvalue weighted by Crippen LogP contribution is 2.38. The molecule has 3 aromatic heterocycles. The molecule has 50 heavy (non-hydrogen) atoms. The van der Waals surface area contributed by atoms with E-state index < -0.39 is 0 Å². The molecule has 0 radical (unpaired) electrons. The van der Waals surface area contributed by atoms with E-state index in [0.29, 0.717) is 11.4 Å². The zero-order valence-electron chi connectivity index (χ0n) is 27.0. The van der Waals surface area contributed by atoms with Crippen LogP contribution in [0.15, 0.2) is 180 Å². The molecular formula is C46H29N3O. The van der Waals surface area contributed by atoms with E-state index in [1.165, 1.54) is 32.9 Å². The van der Waals surface area contributed by atoms with Crippen LogP contribution in [0, 0.1) is 0 Å². The van der Waals surface area contributed by atoms with Gasteiger partial charge in [0.25, 0.3) is 0 Å². The fraction of sp³-hybridized carbons (Fsp3) is 0. The third kappa shape index (κ3) is 4.61. The van der Waals surface area contributed by atoms with Gasteiger partial charge in [-0.1, -0.05) is 140 Å². The first kappa shape index (κ1) is 28.3. The van der Waals surface area contributed by atoms with Crippen molar-refractivity contribution in [2.24, 2.45) is 0 Å². The lowest BCUT2D eigenvalue weighted by Crippen LogP contribution is -1.93. The number of furan rings is 1. The van der Waals surface area contributed by atoms with Crippen LogP contribution in [-0.2, 0) is 0 Å². The number of hydrogen-bond acceptors (Lipinski definition) is 3. The van der Waals surface area contributed by atoms with E-state index in [9.17, 15) is 0 Å². The summed E-state index contributed by atoms with van der Waals surface area (Å²) < 4.78 is 8.83. The van der Waals surface area contributed by atoms with E-state index in [1.54, 1.807) is 0 Å². The number of hydrogen-bond donors (Lipinski definition) is 0. The molecule has 0 spiro atoms. The number of nitrogens with zero attached hydrogens (tertiary/aromatic N) is 3. The van der Waals surface area contributed by atoms with Crippen molar-refractivity contribution in [2.45, 2.75) is 0 Å². The maximum absolute atomic E-state index is 6.47. The monoisotopic (exact) mass is 639 g/mol. The van der Waals surface area contributed by atoms with Gasteiger partial charge in [-0.3, -0.25) is 0 Å². The molecule has 0 amide bonds. The van der Waals surface area contributed by atoms with Crippen LogP contribution in [0.2, 0.25) is 0 Å². The van der Waals surface area contributed by atoms with Crippen LogP contribution in [0.25, 0.3) is 94.5 Å². The normalized spacial score (nSPS) is 11.6. The molecule has 0 aliphatic carbocycles. The van der Waals surface area contributed by atoms with Crippen molar-refractivity contribution < 1.29 is 4.42 Å². The van der Waals surface area contributed by atoms with Crippen LogP contribution in [0.4, 0.5) is 0 Å². The average Bonchev–Trinajstić information content (AvgIpc) is 3.73. The van der Waals surface area contributed by atoms with Gasteiger partial charge in [-0.2, -0.15) is 0 Å². The Morgan fingerprint density at radius 3 is 1.72 bits per heavy atom. The molecule has 10 aromatic rings. The van der Waals surface area contributed by atoms with Crippen molar-refractivity contribution in [3.05, 3.63) is 176 Å². The third-order valence-corrected chi connectivity index (χ3v) is 9.63. The van der Waals surface area contributed by atoms with E-state index in [0.717, 1.165) is 50.1 Å². The molecule has 4 nitrogen and oxygen atoms in total. The van der Waals surface area contributed by atoms with E-state index in [1.807, 2.05) is 54.6 Å². The molecule has 10 rings (SSSR count). The Bertz CT molecular complexity index is 2840. The lowest BCUT2D eigenvalue weighted by atomic mass is 9.98. The average molecular weight is 640 g/mol. The van der Waals surface area contributed by atoms with Gasteiger partial charge in [0, 0.05) is 33.0 Å². The van der Waals surface area contributed by atoms with Crippen molar-refractivity contribution in [2.75, 3.05) is 0 Å². The summed E-state index contributed by atoms with van der Waals surface area (Å²) in [6, 6.07) is 61.6. The molecule has 0 fully saturated rings. The Balaban J connectivity index is 1.07. The molecule has 0 saturated carbocycles. The summed E-state index contributed by atoms with van der Waals surface area (Å²) >= 11 is 0. The molecule has 0 bridgehead atoms.